The number of benzene rings is 2. The quantitative estimate of drug-likeness (QED) is 0.432. The van der Waals surface area contributed by atoms with Gasteiger partial charge in [0.1, 0.15) is 5.82 Å². The van der Waals surface area contributed by atoms with Crippen molar-refractivity contribution in [3.8, 4) is 0 Å². The number of sulfonamides is 1. The van der Waals surface area contributed by atoms with Crippen LogP contribution in [0.25, 0.3) is 11.2 Å². The monoisotopic (exact) mass is 518 g/mol. The molecule has 0 amide bonds. The van der Waals surface area contributed by atoms with E-state index in [9.17, 15) is 13.2 Å². The summed E-state index contributed by atoms with van der Waals surface area (Å²) in [5.74, 6) is 0.132. The molecule has 0 spiro atoms. The van der Waals surface area contributed by atoms with Crippen LogP contribution in [0.3, 0.4) is 0 Å². The van der Waals surface area contributed by atoms with Gasteiger partial charge in [-0.15, -0.1) is 5.10 Å². The minimum absolute atomic E-state index is 0.130. The fourth-order valence-corrected chi connectivity index (χ4v) is 6.19. The van der Waals surface area contributed by atoms with E-state index >= 15 is 0 Å². The molecule has 9 nitrogen and oxygen atoms in total. The average molecular weight is 519 g/mol. The molecule has 0 aliphatic carbocycles. The Bertz CT molecular complexity index is 1540. The van der Waals surface area contributed by atoms with Crippen LogP contribution in [0.15, 0.2) is 58.2 Å². The molecule has 0 saturated carbocycles. The number of hydrogen-bond donors (Lipinski definition) is 1. The maximum Gasteiger partial charge on any atom is 0.281 e. The molecule has 0 unspecified atom stereocenters. The van der Waals surface area contributed by atoms with Gasteiger partial charge in [-0.2, -0.15) is 4.31 Å². The standard InChI is InChI=1S/C22H20Cl2N6O3S/c23-16-6-1-4-14(10-16)12-30-21-19(27-28-30)22(31)26-20(25-21)15-5-3-9-29(13-15)34(32,33)18-8-2-7-17(24)11-18/h1-2,4,6-8,10-11,15H,3,5,9,12-13H2,(H,25,26,31)/t15-/m0/s1. The first kappa shape index (κ1) is 23.0. The van der Waals surface area contributed by atoms with Gasteiger partial charge < -0.3 is 4.98 Å². The third-order valence-electron chi connectivity index (χ3n) is 5.82. The van der Waals surface area contributed by atoms with Crippen molar-refractivity contribution in [3.05, 3.63) is 80.3 Å². The summed E-state index contributed by atoms with van der Waals surface area (Å²) in [5.41, 5.74) is 0.949. The molecule has 3 heterocycles. The van der Waals surface area contributed by atoms with Gasteiger partial charge in [0.2, 0.25) is 10.0 Å². The van der Waals surface area contributed by atoms with Crippen LogP contribution in [0.5, 0.6) is 0 Å². The molecule has 176 valence electrons. The van der Waals surface area contributed by atoms with Crippen molar-refractivity contribution in [2.75, 3.05) is 13.1 Å². The topological polar surface area (TPSA) is 114 Å². The highest BCUT2D eigenvalue weighted by Crippen LogP contribution is 2.29. The molecule has 12 heteroatoms. The number of halogens is 2. The summed E-state index contributed by atoms with van der Waals surface area (Å²) in [6, 6.07) is 13.5. The Kier molecular flexibility index (Phi) is 6.15. The minimum atomic E-state index is -3.73. The van der Waals surface area contributed by atoms with Gasteiger partial charge in [-0.25, -0.2) is 18.1 Å². The Morgan fingerprint density at radius 3 is 2.62 bits per heavy atom. The van der Waals surface area contributed by atoms with Crippen molar-refractivity contribution < 1.29 is 8.42 Å². The normalized spacial score (nSPS) is 17.3. The first-order valence-corrected chi connectivity index (χ1v) is 12.8. The van der Waals surface area contributed by atoms with Crippen LogP contribution in [0.1, 0.15) is 30.1 Å². The van der Waals surface area contributed by atoms with Crippen molar-refractivity contribution in [2.45, 2.75) is 30.2 Å². The molecular weight excluding hydrogens is 499 g/mol. The van der Waals surface area contributed by atoms with E-state index in [4.69, 9.17) is 23.2 Å². The summed E-state index contributed by atoms with van der Waals surface area (Å²) in [6.45, 7) is 0.915. The predicted molar refractivity (Wildman–Crippen MR) is 129 cm³/mol. The Morgan fingerprint density at radius 2 is 1.85 bits per heavy atom. The second kappa shape index (κ2) is 9.10. The first-order chi connectivity index (χ1) is 16.3. The van der Waals surface area contributed by atoms with Crippen LogP contribution in [0, 0.1) is 0 Å². The number of aromatic amines is 1. The van der Waals surface area contributed by atoms with Crippen molar-refractivity contribution in [1.82, 2.24) is 29.3 Å². The van der Waals surface area contributed by atoms with E-state index in [1.54, 1.807) is 22.9 Å². The van der Waals surface area contributed by atoms with E-state index in [2.05, 4.69) is 20.3 Å². The highest BCUT2D eigenvalue weighted by Gasteiger charge is 2.32. The van der Waals surface area contributed by atoms with Gasteiger partial charge in [0.05, 0.1) is 11.4 Å². The van der Waals surface area contributed by atoms with Crippen molar-refractivity contribution in [2.24, 2.45) is 0 Å². The minimum Gasteiger partial charge on any atom is -0.308 e. The zero-order valence-electron chi connectivity index (χ0n) is 17.9. The second-order valence-electron chi connectivity index (χ2n) is 8.16. The Hall–Kier alpha value is -2.79. The first-order valence-electron chi connectivity index (χ1n) is 10.6. The fraction of sp³-hybridized carbons (Fsp3) is 0.273. The summed E-state index contributed by atoms with van der Waals surface area (Å²) in [7, 11) is -3.73. The predicted octanol–water partition coefficient (Wildman–Crippen LogP) is 3.44. The van der Waals surface area contributed by atoms with Crippen LogP contribution in [-0.2, 0) is 16.6 Å². The number of nitrogens with zero attached hydrogens (tertiary/aromatic N) is 5. The lowest BCUT2D eigenvalue weighted by molar-refractivity contribution is 0.309. The fourth-order valence-electron chi connectivity index (χ4n) is 4.15. The van der Waals surface area contributed by atoms with Gasteiger partial charge in [0, 0.05) is 29.1 Å². The largest absolute Gasteiger partial charge is 0.308 e. The summed E-state index contributed by atoms with van der Waals surface area (Å²) < 4.78 is 29.3. The summed E-state index contributed by atoms with van der Waals surface area (Å²) in [6.07, 6.45) is 1.32. The Balaban J connectivity index is 1.46. The molecule has 1 saturated heterocycles. The highest BCUT2D eigenvalue weighted by molar-refractivity contribution is 7.89. The SMILES string of the molecule is O=c1[nH]c([C@H]2CCCN(S(=O)(=O)c3cccc(Cl)c3)C2)nc2c1nnn2Cc1cccc(Cl)c1. The summed E-state index contributed by atoms with van der Waals surface area (Å²) in [4.78, 5) is 20.3. The lowest BCUT2D eigenvalue weighted by atomic mass is 9.99. The van der Waals surface area contributed by atoms with Gasteiger partial charge in [-0.3, -0.25) is 4.79 Å². The number of rotatable bonds is 5. The van der Waals surface area contributed by atoms with E-state index in [1.165, 1.54) is 16.4 Å². The van der Waals surface area contributed by atoms with Crippen LogP contribution in [-0.4, -0.2) is 50.8 Å². The van der Waals surface area contributed by atoms with Crippen LogP contribution in [0.2, 0.25) is 10.0 Å². The molecule has 2 aromatic carbocycles. The molecule has 4 aromatic rings. The van der Waals surface area contributed by atoms with Gasteiger partial charge in [0.15, 0.2) is 11.2 Å². The molecule has 1 aliphatic heterocycles. The smallest absolute Gasteiger partial charge is 0.281 e. The molecule has 2 aromatic heterocycles. The van der Waals surface area contributed by atoms with E-state index in [-0.39, 0.29) is 22.9 Å². The van der Waals surface area contributed by atoms with Gasteiger partial charge in [-0.1, -0.05) is 46.6 Å². The molecule has 1 N–H and O–H groups in total. The zero-order chi connectivity index (χ0) is 23.9. The van der Waals surface area contributed by atoms with E-state index in [0.29, 0.717) is 47.4 Å². The number of nitrogens with one attached hydrogen (secondary N) is 1. The molecule has 0 bridgehead atoms. The molecule has 1 aliphatic rings. The third kappa shape index (κ3) is 4.46. The Morgan fingerprint density at radius 1 is 1.09 bits per heavy atom. The van der Waals surface area contributed by atoms with Crippen LogP contribution >= 0.6 is 23.2 Å². The van der Waals surface area contributed by atoms with Gasteiger partial charge >= 0.3 is 0 Å². The molecule has 34 heavy (non-hydrogen) atoms. The Labute approximate surface area is 205 Å². The van der Waals surface area contributed by atoms with E-state index in [1.807, 2.05) is 18.2 Å². The molecule has 5 rings (SSSR count). The maximum absolute atomic E-state index is 13.2. The van der Waals surface area contributed by atoms with Crippen LogP contribution in [0.4, 0.5) is 0 Å². The lowest BCUT2D eigenvalue weighted by Gasteiger charge is -2.31. The summed E-state index contributed by atoms with van der Waals surface area (Å²) in [5, 5.41) is 9.02. The summed E-state index contributed by atoms with van der Waals surface area (Å²) >= 11 is 12.1. The molecule has 1 atom stereocenters. The number of hydrogen-bond acceptors (Lipinski definition) is 6. The third-order valence-corrected chi connectivity index (χ3v) is 8.15. The molecule has 1 fully saturated rings. The van der Waals surface area contributed by atoms with Gasteiger partial charge in [-0.05, 0) is 48.7 Å². The van der Waals surface area contributed by atoms with Crippen molar-refractivity contribution in [1.29, 1.82) is 0 Å². The second-order valence-corrected chi connectivity index (χ2v) is 11.0. The highest BCUT2D eigenvalue weighted by atomic mass is 35.5. The van der Waals surface area contributed by atoms with Crippen LogP contribution < -0.4 is 5.56 Å². The number of piperidine rings is 1. The number of aromatic nitrogens is 5. The number of H-pyrrole nitrogens is 1. The van der Waals surface area contributed by atoms with E-state index in [0.717, 1.165) is 5.56 Å². The zero-order valence-corrected chi connectivity index (χ0v) is 20.2. The van der Waals surface area contributed by atoms with Gasteiger partial charge in [0.25, 0.3) is 5.56 Å². The number of fused-ring (bicyclic) bond motifs is 1. The van der Waals surface area contributed by atoms with Crippen molar-refractivity contribution >= 4 is 44.4 Å². The maximum atomic E-state index is 13.2. The molecular formula is C22H20Cl2N6O3S. The molecule has 0 radical (unpaired) electrons. The average Bonchev–Trinajstić information content (AvgIpc) is 3.22. The van der Waals surface area contributed by atoms with E-state index < -0.39 is 15.6 Å². The van der Waals surface area contributed by atoms with Crippen molar-refractivity contribution in [3.63, 3.8) is 0 Å². The lowest BCUT2D eigenvalue weighted by Crippen LogP contribution is -2.39.